The SMILES string of the molecule is CCc1ccccc1NC(=O)/C(C#N)=C/c1ccn(C)c1. The van der Waals surface area contributed by atoms with Crippen molar-refractivity contribution in [1.29, 1.82) is 5.26 Å². The molecule has 1 aromatic carbocycles. The number of hydrogen-bond acceptors (Lipinski definition) is 2. The number of amides is 1. The molecule has 0 atom stereocenters. The Kier molecular flexibility index (Phi) is 4.57. The van der Waals surface area contributed by atoms with Crippen molar-refractivity contribution in [3.8, 4) is 6.07 Å². The molecule has 1 N–H and O–H groups in total. The zero-order valence-electron chi connectivity index (χ0n) is 12.1. The van der Waals surface area contributed by atoms with Gasteiger partial charge in [0.15, 0.2) is 0 Å². The number of hydrogen-bond donors (Lipinski definition) is 1. The summed E-state index contributed by atoms with van der Waals surface area (Å²) in [7, 11) is 1.89. The lowest BCUT2D eigenvalue weighted by Gasteiger charge is -2.08. The van der Waals surface area contributed by atoms with E-state index < -0.39 is 0 Å². The molecule has 2 aromatic rings. The molecule has 0 aliphatic rings. The van der Waals surface area contributed by atoms with Crippen molar-refractivity contribution in [1.82, 2.24) is 4.57 Å². The topological polar surface area (TPSA) is 57.8 Å². The van der Waals surface area contributed by atoms with E-state index in [1.807, 2.05) is 67.3 Å². The van der Waals surface area contributed by atoms with E-state index in [-0.39, 0.29) is 11.5 Å². The molecule has 106 valence electrons. The quantitative estimate of drug-likeness (QED) is 0.690. The van der Waals surface area contributed by atoms with Crippen LogP contribution in [0.4, 0.5) is 5.69 Å². The number of aromatic nitrogens is 1. The number of carbonyl (C=O) groups excluding carboxylic acids is 1. The fraction of sp³-hybridized carbons (Fsp3) is 0.176. The van der Waals surface area contributed by atoms with Crippen molar-refractivity contribution in [3.05, 3.63) is 59.4 Å². The number of nitriles is 1. The summed E-state index contributed by atoms with van der Waals surface area (Å²) in [5.74, 6) is -0.387. The monoisotopic (exact) mass is 279 g/mol. The van der Waals surface area contributed by atoms with Gasteiger partial charge in [-0.1, -0.05) is 25.1 Å². The minimum absolute atomic E-state index is 0.0899. The summed E-state index contributed by atoms with van der Waals surface area (Å²) in [6.07, 6.45) is 6.13. The number of rotatable bonds is 4. The van der Waals surface area contributed by atoms with E-state index in [4.69, 9.17) is 0 Å². The third-order valence-corrected chi connectivity index (χ3v) is 3.18. The smallest absolute Gasteiger partial charge is 0.266 e. The molecule has 1 aromatic heterocycles. The normalized spacial score (nSPS) is 11.0. The van der Waals surface area contributed by atoms with E-state index in [9.17, 15) is 10.1 Å². The van der Waals surface area contributed by atoms with Crippen LogP contribution in [0.1, 0.15) is 18.1 Å². The van der Waals surface area contributed by atoms with Gasteiger partial charge in [0.25, 0.3) is 5.91 Å². The van der Waals surface area contributed by atoms with Crippen LogP contribution < -0.4 is 5.32 Å². The molecule has 4 nitrogen and oxygen atoms in total. The summed E-state index contributed by atoms with van der Waals surface area (Å²) in [6.45, 7) is 2.02. The second kappa shape index (κ2) is 6.58. The van der Waals surface area contributed by atoms with Crippen LogP contribution in [0.5, 0.6) is 0 Å². The highest BCUT2D eigenvalue weighted by molar-refractivity contribution is 6.09. The first-order valence-corrected chi connectivity index (χ1v) is 6.77. The highest BCUT2D eigenvalue weighted by Gasteiger charge is 2.11. The van der Waals surface area contributed by atoms with Crippen molar-refractivity contribution in [2.75, 3.05) is 5.32 Å². The van der Waals surface area contributed by atoms with E-state index in [0.29, 0.717) is 0 Å². The molecule has 1 amide bonds. The molecule has 0 radical (unpaired) electrons. The van der Waals surface area contributed by atoms with Gasteiger partial charge >= 0.3 is 0 Å². The second-order valence-corrected chi connectivity index (χ2v) is 4.74. The van der Waals surface area contributed by atoms with Gasteiger partial charge in [0.1, 0.15) is 11.6 Å². The minimum atomic E-state index is -0.387. The van der Waals surface area contributed by atoms with E-state index >= 15 is 0 Å². The van der Waals surface area contributed by atoms with Gasteiger partial charge in [-0.3, -0.25) is 4.79 Å². The lowest BCUT2D eigenvalue weighted by Crippen LogP contribution is -2.14. The maximum Gasteiger partial charge on any atom is 0.266 e. The summed E-state index contributed by atoms with van der Waals surface area (Å²) in [5, 5.41) is 12.0. The molecule has 21 heavy (non-hydrogen) atoms. The van der Waals surface area contributed by atoms with Gasteiger partial charge in [-0.2, -0.15) is 5.26 Å². The van der Waals surface area contributed by atoms with Crippen LogP contribution in [0, 0.1) is 11.3 Å². The molecule has 0 aliphatic heterocycles. The first-order valence-electron chi connectivity index (χ1n) is 6.77. The summed E-state index contributed by atoms with van der Waals surface area (Å²) in [6, 6.07) is 11.4. The Hall–Kier alpha value is -2.80. The van der Waals surface area contributed by atoms with Gasteiger partial charge in [0, 0.05) is 25.1 Å². The number of nitrogens with zero attached hydrogens (tertiary/aromatic N) is 2. The van der Waals surface area contributed by atoms with Gasteiger partial charge in [0.05, 0.1) is 0 Å². The Morgan fingerprint density at radius 1 is 1.38 bits per heavy atom. The Morgan fingerprint density at radius 2 is 2.14 bits per heavy atom. The maximum atomic E-state index is 12.2. The Bertz CT molecular complexity index is 720. The molecule has 1 heterocycles. The number of carbonyl (C=O) groups is 1. The summed E-state index contributed by atoms with van der Waals surface area (Å²) >= 11 is 0. The van der Waals surface area contributed by atoms with Gasteiger partial charge in [-0.15, -0.1) is 0 Å². The van der Waals surface area contributed by atoms with Crippen LogP contribution in [-0.2, 0) is 18.3 Å². The minimum Gasteiger partial charge on any atom is -0.357 e. The third-order valence-electron chi connectivity index (χ3n) is 3.18. The summed E-state index contributed by atoms with van der Waals surface area (Å²) in [5.41, 5.74) is 2.71. The van der Waals surface area contributed by atoms with Crippen molar-refractivity contribution in [2.24, 2.45) is 7.05 Å². The number of benzene rings is 1. The number of nitrogens with one attached hydrogen (secondary N) is 1. The molecule has 0 fully saturated rings. The molecule has 0 saturated carbocycles. The molecule has 4 heteroatoms. The predicted molar refractivity (Wildman–Crippen MR) is 83.5 cm³/mol. The highest BCUT2D eigenvalue weighted by Crippen LogP contribution is 2.17. The maximum absolute atomic E-state index is 12.2. The first-order chi connectivity index (χ1) is 10.1. The number of para-hydroxylation sites is 1. The fourth-order valence-electron chi connectivity index (χ4n) is 2.07. The lowest BCUT2D eigenvalue weighted by molar-refractivity contribution is -0.112. The predicted octanol–water partition coefficient (Wildman–Crippen LogP) is 3.13. The van der Waals surface area contributed by atoms with Crippen molar-refractivity contribution in [3.63, 3.8) is 0 Å². The van der Waals surface area contributed by atoms with E-state index in [2.05, 4.69) is 5.32 Å². The first kappa shape index (κ1) is 14.6. The van der Waals surface area contributed by atoms with Crippen molar-refractivity contribution >= 4 is 17.7 Å². The molecular formula is C17H17N3O. The number of anilines is 1. The van der Waals surface area contributed by atoms with Crippen LogP contribution in [0.3, 0.4) is 0 Å². The molecule has 0 bridgehead atoms. The average Bonchev–Trinajstić information content (AvgIpc) is 2.90. The third kappa shape index (κ3) is 3.61. The Balaban J connectivity index is 2.22. The zero-order chi connectivity index (χ0) is 15.2. The van der Waals surface area contributed by atoms with E-state index in [0.717, 1.165) is 23.2 Å². The standard InChI is InChI=1S/C17H17N3O/c1-3-14-6-4-5-7-16(14)19-17(21)15(11-18)10-13-8-9-20(2)12-13/h4-10,12H,3H2,1-2H3,(H,19,21)/b15-10+. The van der Waals surface area contributed by atoms with Crippen LogP contribution in [0.25, 0.3) is 6.08 Å². The highest BCUT2D eigenvalue weighted by atomic mass is 16.1. The van der Waals surface area contributed by atoms with Crippen molar-refractivity contribution < 1.29 is 4.79 Å². The summed E-state index contributed by atoms with van der Waals surface area (Å²) < 4.78 is 1.87. The summed E-state index contributed by atoms with van der Waals surface area (Å²) in [4.78, 5) is 12.2. The largest absolute Gasteiger partial charge is 0.357 e. The molecule has 0 saturated heterocycles. The molecule has 2 rings (SSSR count). The van der Waals surface area contributed by atoms with Crippen LogP contribution >= 0.6 is 0 Å². The van der Waals surface area contributed by atoms with Crippen molar-refractivity contribution in [2.45, 2.75) is 13.3 Å². The van der Waals surface area contributed by atoms with Gasteiger partial charge in [-0.25, -0.2) is 0 Å². The van der Waals surface area contributed by atoms with Gasteiger partial charge in [-0.05, 0) is 35.8 Å². The Morgan fingerprint density at radius 3 is 2.76 bits per heavy atom. The average molecular weight is 279 g/mol. The lowest BCUT2D eigenvalue weighted by atomic mass is 10.1. The van der Waals surface area contributed by atoms with E-state index in [1.54, 1.807) is 6.08 Å². The zero-order valence-corrected chi connectivity index (χ0v) is 12.1. The Labute approximate surface area is 124 Å². The second-order valence-electron chi connectivity index (χ2n) is 4.74. The molecule has 0 spiro atoms. The van der Waals surface area contributed by atoms with Crippen LogP contribution in [0.2, 0.25) is 0 Å². The van der Waals surface area contributed by atoms with Crippen LogP contribution in [-0.4, -0.2) is 10.5 Å². The molecular weight excluding hydrogens is 262 g/mol. The van der Waals surface area contributed by atoms with Crippen LogP contribution in [0.15, 0.2) is 48.3 Å². The van der Waals surface area contributed by atoms with Gasteiger partial charge < -0.3 is 9.88 Å². The fourth-order valence-corrected chi connectivity index (χ4v) is 2.07. The molecule has 0 unspecified atom stereocenters. The van der Waals surface area contributed by atoms with Gasteiger partial charge in [0.2, 0.25) is 0 Å². The number of aryl methyl sites for hydroxylation is 2. The van der Waals surface area contributed by atoms with E-state index in [1.165, 1.54) is 0 Å². The molecule has 0 aliphatic carbocycles.